The van der Waals surface area contributed by atoms with E-state index >= 15 is 0 Å². The number of fused-ring (bicyclic) bond motifs is 3. The molecule has 4 nitrogen and oxygen atoms in total. The van der Waals surface area contributed by atoms with Gasteiger partial charge in [-0.2, -0.15) is 0 Å². The van der Waals surface area contributed by atoms with Gasteiger partial charge in [0.1, 0.15) is 5.78 Å². The van der Waals surface area contributed by atoms with E-state index < -0.39 is 5.79 Å². The number of aliphatic hydroxyl groups is 1. The lowest BCUT2D eigenvalue weighted by Crippen LogP contribution is -2.53. The maximum absolute atomic E-state index is 12.3. The van der Waals surface area contributed by atoms with Crippen LogP contribution in [-0.4, -0.2) is 36.0 Å². The summed E-state index contributed by atoms with van der Waals surface area (Å²) in [5.74, 6) is 0.0110. The lowest BCUT2D eigenvalue weighted by Gasteiger charge is -2.54. The zero-order chi connectivity index (χ0) is 14.7. The highest BCUT2D eigenvalue weighted by Gasteiger charge is 2.56. The summed E-state index contributed by atoms with van der Waals surface area (Å²) in [7, 11) is 0. The maximum Gasteiger partial charge on any atom is 0.172 e. The third-order valence-electron chi connectivity index (χ3n) is 6.33. The molecule has 0 radical (unpaired) electrons. The minimum atomic E-state index is -0.429. The molecule has 0 unspecified atom stereocenters. The van der Waals surface area contributed by atoms with Crippen molar-refractivity contribution >= 4 is 5.78 Å². The second-order valence-electron chi connectivity index (χ2n) is 7.37. The number of carbonyl (C=O) groups is 1. The smallest absolute Gasteiger partial charge is 0.172 e. The lowest BCUT2D eigenvalue weighted by atomic mass is 9.52. The largest absolute Gasteiger partial charge is 0.393 e. The Hall–Kier alpha value is -0.710. The Morgan fingerprint density at radius 3 is 2.81 bits per heavy atom. The summed E-state index contributed by atoms with van der Waals surface area (Å²) in [5, 5.41) is 10.5. The van der Waals surface area contributed by atoms with Crippen molar-refractivity contribution in [1.82, 2.24) is 0 Å². The van der Waals surface area contributed by atoms with Gasteiger partial charge in [-0.15, -0.1) is 0 Å². The Morgan fingerprint density at radius 1 is 1.29 bits per heavy atom. The normalized spacial score (nSPS) is 45.1. The number of hydrogen-bond donors (Lipinski definition) is 1. The Bertz CT molecular complexity index is 491. The molecule has 0 bridgehead atoms. The van der Waals surface area contributed by atoms with Crippen molar-refractivity contribution in [2.45, 2.75) is 57.3 Å². The molecule has 1 aliphatic heterocycles. The van der Waals surface area contributed by atoms with Crippen LogP contribution < -0.4 is 0 Å². The molecule has 4 atom stereocenters. The van der Waals surface area contributed by atoms with Crippen LogP contribution in [0.1, 0.15) is 45.4 Å². The van der Waals surface area contributed by atoms with Gasteiger partial charge in [-0.3, -0.25) is 4.79 Å². The van der Waals surface area contributed by atoms with E-state index in [2.05, 4.69) is 13.0 Å². The molecule has 0 aromatic carbocycles. The van der Waals surface area contributed by atoms with E-state index in [9.17, 15) is 9.90 Å². The standard InChI is InChI=1S/C17H24O4/c1-16-6-7-17(20-8-9-21-17)10-11(16)2-3-12-13(18)4-5-14(19)15(12)16/h2,12,14-15,19H,3-10H2,1H3/t12-,14-,15+,16+/m1/s1. The summed E-state index contributed by atoms with van der Waals surface area (Å²) >= 11 is 0. The highest BCUT2D eigenvalue weighted by Crippen LogP contribution is 2.58. The van der Waals surface area contributed by atoms with Gasteiger partial charge in [0.15, 0.2) is 5.79 Å². The molecule has 2 saturated carbocycles. The van der Waals surface area contributed by atoms with E-state index in [0.29, 0.717) is 31.8 Å². The van der Waals surface area contributed by atoms with Crippen molar-refractivity contribution in [2.24, 2.45) is 17.3 Å². The molecule has 1 N–H and O–H groups in total. The zero-order valence-corrected chi connectivity index (χ0v) is 12.6. The summed E-state index contributed by atoms with van der Waals surface area (Å²) in [5.41, 5.74) is 1.27. The number of hydrogen-bond acceptors (Lipinski definition) is 4. The van der Waals surface area contributed by atoms with Crippen molar-refractivity contribution in [3.63, 3.8) is 0 Å². The average molecular weight is 292 g/mol. The first-order chi connectivity index (χ1) is 10.0. The van der Waals surface area contributed by atoms with Crippen LogP contribution in [0.4, 0.5) is 0 Å². The first-order valence-electron chi connectivity index (χ1n) is 8.22. The van der Waals surface area contributed by atoms with Crippen LogP contribution in [0, 0.1) is 17.3 Å². The number of rotatable bonds is 0. The molecular weight excluding hydrogens is 268 g/mol. The van der Waals surface area contributed by atoms with Crippen molar-refractivity contribution in [2.75, 3.05) is 13.2 Å². The van der Waals surface area contributed by atoms with E-state index in [1.807, 2.05) is 0 Å². The quantitative estimate of drug-likeness (QED) is 0.696. The van der Waals surface area contributed by atoms with Crippen LogP contribution in [0.5, 0.6) is 0 Å². The van der Waals surface area contributed by atoms with Gasteiger partial charge in [0.2, 0.25) is 0 Å². The Labute approximate surface area is 125 Å². The average Bonchev–Trinajstić information content (AvgIpc) is 2.92. The third kappa shape index (κ3) is 1.96. The van der Waals surface area contributed by atoms with Gasteiger partial charge >= 0.3 is 0 Å². The van der Waals surface area contributed by atoms with Crippen LogP contribution in [0.3, 0.4) is 0 Å². The Kier molecular flexibility index (Phi) is 3.08. The predicted octanol–water partition coefficient (Wildman–Crippen LogP) is 2.21. The second-order valence-corrected chi connectivity index (χ2v) is 7.37. The Balaban J connectivity index is 1.68. The van der Waals surface area contributed by atoms with E-state index in [1.165, 1.54) is 5.57 Å². The SMILES string of the molecule is C[C@]12CCC3(CC1=CC[C@@H]1C(=O)CC[C@@H](O)[C@H]12)OCCO3. The van der Waals surface area contributed by atoms with Crippen molar-refractivity contribution in [3.05, 3.63) is 11.6 Å². The predicted molar refractivity (Wildman–Crippen MR) is 76.5 cm³/mol. The summed E-state index contributed by atoms with van der Waals surface area (Å²) < 4.78 is 11.7. The summed E-state index contributed by atoms with van der Waals surface area (Å²) in [6.45, 7) is 3.59. The van der Waals surface area contributed by atoms with Crippen molar-refractivity contribution in [3.8, 4) is 0 Å². The zero-order valence-electron chi connectivity index (χ0n) is 12.6. The molecule has 0 aromatic rings. The molecule has 21 heavy (non-hydrogen) atoms. The number of ether oxygens (including phenoxy) is 2. The fraction of sp³-hybridized carbons (Fsp3) is 0.824. The van der Waals surface area contributed by atoms with Gasteiger partial charge < -0.3 is 14.6 Å². The summed E-state index contributed by atoms with van der Waals surface area (Å²) in [6.07, 6.45) is 6.44. The van der Waals surface area contributed by atoms with E-state index in [0.717, 1.165) is 25.7 Å². The molecule has 1 heterocycles. The van der Waals surface area contributed by atoms with Gasteiger partial charge in [-0.1, -0.05) is 18.6 Å². The highest BCUT2D eigenvalue weighted by atomic mass is 16.7. The van der Waals surface area contributed by atoms with Crippen LogP contribution >= 0.6 is 0 Å². The Morgan fingerprint density at radius 2 is 2.05 bits per heavy atom. The second kappa shape index (κ2) is 4.64. The summed E-state index contributed by atoms with van der Waals surface area (Å²) in [4.78, 5) is 12.3. The fourth-order valence-electron chi connectivity index (χ4n) is 5.16. The number of Topliss-reactive ketones (excluding diaryl/α,β-unsaturated/α-hetero) is 1. The minimum Gasteiger partial charge on any atom is -0.393 e. The number of allylic oxidation sites excluding steroid dienone is 1. The van der Waals surface area contributed by atoms with E-state index in [-0.39, 0.29) is 23.4 Å². The molecule has 4 rings (SSSR count). The first kappa shape index (κ1) is 13.9. The molecule has 4 aliphatic rings. The highest BCUT2D eigenvalue weighted by molar-refractivity contribution is 5.83. The van der Waals surface area contributed by atoms with Crippen LogP contribution in [-0.2, 0) is 14.3 Å². The molecule has 0 aromatic heterocycles. The molecule has 1 spiro atoms. The third-order valence-corrected chi connectivity index (χ3v) is 6.33. The van der Waals surface area contributed by atoms with Crippen LogP contribution in [0.2, 0.25) is 0 Å². The number of aliphatic hydroxyl groups excluding tert-OH is 1. The van der Waals surface area contributed by atoms with Crippen LogP contribution in [0.15, 0.2) is 11.6 Å². The van der Waals surface area contributed by atoms with E-state index in [4.69, 9.17) is 9.47 Å². The van der Waals surface area contributed by atoms with E-state index in [1.54, 1.807) is 0 Å². The lowest BCUT2D eigenvalue weighted by molar-refractivity contribution is -0.187. The minimum absolute atomic E-state index is 0.0157. The number of ketones is 1. The first-order valence-corrected chi connectivity index (χ1v) is 8.22. The molecule has 0 amide bonds. The molecule has 4 heteroatoms. The van der Waals surface area contributed by atoms with Gasteiger partial charge in [0.25, 0.3) is 0 Å². The molecule has 1 saturated heterocycles. The van der Waals surface area contributed by atoms with Crippen molar-refractivity contribution in [1.29, 1.82) is 0 Å². The topological polar surface area (TPSA) is 55.8 Å². The van der Waals surface area contributed by atoms with Crippen molar-refractivity contribution < 1.29 is 19.4 Å². The van der Waals surface area contributed by atoms with Gasteiger partial charge in [-0.05, 0) is 24.7 Å². The number of carbonyl (C=O) groups excluding carboxylic acids is 1. The van der Waals surface area contributed by atoms with Gasteiger partial charge in [-0.25, -0.2) is 0 Å². The molecule has 3 fully saturated rings. The monoisotopic (exact) mass is 292 g/mol. The molecule has 3 aliphatic carbocycles. The van der Waals surface area contributed by atoms with Gasteiger partial charge in [0.05, 0.1) is 19.3 Å². The molecule has 116 valence electrons. The fourth-order valence-corrected chi connectivity index (χ4v) is 5.16. The maximum atomic E-state index is 12.3. The van der Waals surface area contributed by atoms with Crippen LogP contribution in [0.25, 0.3) is 0 Å². The summed E-state index contributed by atoms with van der Waals surface area (Å²) in [6, 6.07) is 0. The van der Waals surface area contributed by atoms with Gasteiger partial charge in [0, 0.05) is 31.1 Å². The molecular formula is C17H24O4.